The molecule has 0 radical (unpaired) electrons. The molecule has 0 amide bonds. The van der Waals surface area contributed by atoms with Crippen LogP contribution in [0.1, 0.15) is 54.1 Å². The maximum absolute atomic E-state index is 15.1. The zero-order valence-electron chi connectivity index (χ0n) is 24.2. The first-order valence-corrected chi connectivity index (χ1v) is 17.6. The predicted octanol–water partition coefficient (Wildman–Crippen LogP) is 8.96. The standard InChI is InChI=1S/C38H32O2S4/c39-37-33-25(9-13-41)29-17-21-5-1-2-6-22(21)18-30(29)26(10-14-42)34(33)38(40)36-28(12-16-44)32-20-24-8-4-3-7-23(24)19-31(32)27(11-15-43)35(36)37/h1-8,17-20,41-44H,9-16H2. The minimum atomic E-state index is -0.0610. The van der Waals surface area contributed by atoms with E-state index in [-0.39, 0.29) is 11.6 Å². The van der Waals surface area contributed by atoms with Crippen LogP contribution in [0.3, 0.4) is 0 Å². The molecule has 0 aliphatic heterocycles. The summed E-state index contributed by atoms with van der Waals surface area (Å²) >= 11 is 18.5. The smallest absolute Gasteiger partial charge is 0.195 e. The molecule has 0 spiro atoms. The second-order valence-electron chi connectivity index (χ2n) is 11.5. The summed E-state index contributed by atoms with van der Waals surface area (Å²) in [5, 5.41) is 8.53. The van der Waals surface area contributed by atoms with E-state index in [0.717, 1.165) is 65.3 Å². The summed E-state index contributed by atoms with van der Waals surface area (Å²) in [7, 11) is 0. The zero-order valence-corrected chi connectivity index (χ0v) is 27.8. The monoisotopic (exact) mass is 648 g/mol. The molecule has 0 saturated carbocycles. The molecule has 6 aromatic rings. The summed E-state index contributed by atoms with van der Waals surface area (Å²) in [6, 6.07) is 25.3. The summed E-state index contributed by atoms with van der Waals surface area (Å²) in [6.07, 6.45) is 2.33. The Hall–Kier alpha value is -2.90. The van der Waals surface area contributed by atoms with Gasteiger partial charge in [0.2, 0.25) is 0 Å². The SMILES string of the molecule is O=C1c2c(c(CCS)c3cc4ccccc4cc3c2CCS)C(=O)c2c1c(CCS)c1cc3ccccc3cc1c2CCS. The Kier molecular flexibility index (Phi) is 8.21. The molecule has 0 N–H and O–H groups in total. The second kappa shape index (κ2) is 12.1. The lowest BCUT2D eigenvalue weighted by molar-refractivity contribution is 0.0977. The minimum absolute atomic E-state index is 0.0610. The Balaban J connectivity index is 1.67. The van der Waals surface area contributed by atoms with E-state index in [4.69, 9.17) is 0 Å². The number of fused-ring (bicyclic) bond motifs is 6. The Bertz CT molecular complexity index is 1860. The van der Waals surface area contributed by atoms with Gasteiger partial charge in [-0.15, -0.1) is 0 Å². The largest absolute Gasteiger partial charge is 0.289 e. The van der Waals surface area contributed by atoms with Crippen molar-refractivity contribution in [2.45, 2.75) is 25.7 Å². The van der Waals surface area contributed by atoms with E-state index in [2.05, 4.69) is 99.0 Å². The van der Waals surface area contributed by atoms with Gasteiger partial charge in [-0.25, -0.2) is 0 Å². The highest BCUT2D eigenvalue weighted by Gasteiger charge is 2.39. The van der Waals surface area contributed by atoms with Gasteiger partial charge in [-0.2, -0.15) is 50.5 Å². The van der Waals surface area contributed by atoms with Crippen LogP contribution in [0.4, 0.5) is 0 Å². The Labute approximate surface area is 279 Å². The van der Waals surface area contributed by atoms with Crippen molar-refractivity contribution < 1.29 is 9.59 Å². The maximum Gasteiger partial charge on any atom is 0.195 e. The zero-order chi connectivity index (χ0) is 30.5. The van der Waals surface area contributed by atoms with Gasteiger partial charge in [-0.1, -0.05) is 48.5 Å². The molecule has 0 unspecified atom stereocenters. The number of carbonyl (C=O) groups excluding carboxylic acids is 2. The third-order valence-electron chi connectivity index (χ3n) is 9.13. The van der Waals surface area contributed by atoms with Crippen molar-refractivity contribution in [3.8, 4) is 0 Å². The van der Waals surface area contributed by atoms with Crippen LogP contribution in [0.2, 0.25) is 0 Å². The highest BCUT2D eigenvalue weighted by Crippen LogP contribution is 2.44. The third-order valence-corrected chi connectivity index (χ3v) is 10.0. The van der Waals surface area contributed by atoms with Crippen molar-refractivity contribution in [1.82, 2.24) is 0 Å². The van der Waals surface area contributed by atoms with E-state index in [1.165, 1.54) is 0 Å². The van der Waals surface area contributed by atoms with Crippen molar-refractivity contribution in [3.63, 3.8) is 0 Å². The Morgan fingerprint density at radius 1 is 0.386 bits per heavy atom. The van der Waals surface area contributed by atoms with E-state index >= 15 is 9.59 Å². The van der Waals surface area contributed by atoms with Gasteiger partial charge < -0.3 is 0 Å². The molecular formula is C38H32O2S4. The molecule has 6 heteroatoms. The summed E-state index contributed by atoms with van der Waals surface area (Å²) in [5.74, 6) is 2.13. The van der Waals surface area contributed by atoms with Crippen molar-refractivity contribution >= 4 is 105 Å². The quantitative estimate of drug-likeness (QED) is 0.0981. The van der Waals surface area contributed by atoms with Crippen LogP contribution in [0.25, 0.3) is 43.1 Å². The van der Waals surface area contributed by atoms with Crippen molar-refractivity contribution in [3.05, 3.63) is 117 Å². The molecule has 0 heterocycles. The van der Waals surface area contributed by atoms with E-state index in [1.807, 2.05) is 24.3 Å². The van der Waals surface area contributed by atoms with E-state index in [9.17, 15) is 0 Å². The number of carbonyl (C=O) groups is 2. The predicted molar refractivity (Wildman–Crippen MR) is 200 cm³/mol. The molecule has 1 aliphatic rings. The van der Waals surface area contributed by atoms with Gasteiger partial charge in [0, 0.05) is 22.3 Å². The van der Waals surface area contributed by atoms with Gasteiger partial charge in [0.1, 0.15) is 0 Å². The highest BCUT2D eigenvalue weighted by molar-refractivity contribution is 7.80. The van der Waals surface area contributed by atoms with Crippen LogP contribution >= 0.6 is 50.5 Å². The molecule has 0 bridgehead atoms. The lowest BCUT2D eigenvalue weighted by atomic mass is 9.71. The van der Waals surface area contributed by atoms with Gasteiger partial charge in [0.25, 0.3) is 0 Å². The molecular weight excluding hydrogens is 617 g/mol. The molecule has 0 fully saturated rings. The second-order valence-corrected chi connectivity index (χ2v) is 13.2. The fourth-order valence-electron chi connectivity index (χ4n) is 7.36. The van der Waals surface area contributed by atoms with Gasteiger partial charge in [-0.3, -0.25) is 9.59 Å². The molecule has 0 aromatic heterocycles. The minimum Gasteiger partial charge on any atom is -0.289 e. The molecule has 7 rings (SSSR count). The van der Waals surface area contributed by atoms with E-state index in [0.29, 0.717) is 70.9 Å². The van der Waals surface area contributed by atoms with Crippen LogP contribution in [0, 0.1) is 0 Å². The molecule has 220 valence electrons. The van der Waals surface area contributed by atoms with Crippen molar-refractivity contribution in [2.24, 2.45) is 0 Å². The van der Waals surface area contributed by atoms with Crippen LogP contribution < -0.4 is 0 Å². The van der Waals surface area contributed by atoms with Gasteiger partial charge in [0.15, 0.2) is 11.6 Å². The lowest BCUT2D eigenvalue weighted by Crippen LogP contribution is -2.28. The first kappa shape index (κ1) is 29.8. The topological polar surface area (TPSA) is 34.1 Å². The molecule has 0 saturated heterocycles. The van der Waals surface area contributed by atoms with E-state index in [1.54, 1.807) is 0 Å². The van der Waals surface area contributed by atoms with Gasteiger partial charge in [0.05, 0.1) is 0 Å². The Morgan fingerprint density at radius 3 is 0.818 bits per heavy atom. The van der Waals surface area contributed by atoms with Crippen molar-refractivity contribution in [1.29, 1.82) is 0 Å². The first-order chi connectivity index (χ1) is 21.5. The number of ketones is 2. The summed E-state index contributed by atoms with van der Waals surface area (Å²) in [5.41, 5.74) is 5.84. The number of rotatable bonds is 8. The fraction of sp³-hybridized carbons (Fsp3) is 0.211. The average Bonchev–Trinajstić information content (AvgIpc) is 3.04. The molecule has 44 heavy (non-hydrogen) atoms. The number of hydrogen-bond acceptors (Lipinski definition) is 6. The summed E-state index contributed by atoms with van der Waals surface area (Å²) < 4.78 is 0. The fourth-order valence-corrected chi connectivity index (χ4v) is 8.25. The van der Waals surface area contributed by atoms with Crippen molar-refractivity contribution in [2.75, 3.05) is 23.0 Å². The number of thiol groups is 4. The van der Waals surface area contributed by atoms with E-state index < -0.39 is 0 Å². The highest BCUT2D eigenvalue weighted by atomic mass is 32.1. The molecule has 0 atom stereocenters. The molecule has 1 aliphatic carbocycles. The third kappa shape index (κ3) is 4.60. The maximum atomic E-state index is 15.1. The van der Waals surface area contributed by atoms with Gasteiger partial charge in [-0.05, 0) is 138 Å². The lowest BCUT2D eigenvalue weighted by Gasteiger charge is -2.30. The van der Waals surface area contributed by atoms with Crippen LogP contribution in [-0.2, 0) is 25.7 Å². The number of hydrogen-bond donors (Lipinski definition) is 4. The molecule has 6 aromatic carbocycles. The average molecular weight is 649 g/mol. The van der Waals surface area contributed by atoms with Gasteiger partial charge >= 0.3 is 0 Å². The number of aryl methyl sites for hydroxylation is 4. The normalized spacial score (nSPS) is 12.9. The Morgan fingerprint density at radius 2 is 0.614 bits per heavy atom. The van der Waals surface area contributed by atoms with Crippen LogP contribution in [-0.4, -0.2) is 34.6 Å². The molecule has 2 nitrogen and oxygen atoms in total. The first-order valence-electron chi connectivity index (χ1n) is 15.1. The van der Waals surface area contributed by atoms with Crippen LogP contribution in [0.5, 0.6) is 0 Å². The van der Waals surface area contributed by atoms with Crippen LogP contribution in [0.15, 0.2) is 72.8 Å². The summed E-state index contributed by atoms with van der Waals surface area (Å²) in [4.78, 5) is 30.3. The number of benzene rings is 6. The summed E-state index contributed by atoms with van der Waals surface area (Å²) in [6.45, 7) is 0.